The summed E-state index contributed by atoms with van der Waals surface area (Å²) in [5.41, 5.74) is 2.82. The fourth-order valence-corrected chi connectivity index (χ4v) is 6.42. The first-order chi connectivity index (χ1) is 12.0. The quantitative estimate of drug-likeness (QED) is 0.693. The van der Waals surface area contributed by atoms with Crippen LogP contribution in [0.5, 0.6) is 0 Å². The Hall–Kier alpha value is -1.84. The lowest BCUT2D eigenvalue weighted by atomic mass is 9.49. The van der Waals surface area contributed by atoms with Crippen molar-refractivity contribution in [2.75, 3.05) is 0 Å². The number of nitrogens with zero attached hydrogens (tertiary/aromatic N) is 1. The van der Waals surface area contributed by atoms with Crippen LogP contribution in [0.1, 0.15) is 57.9 Å². The second-order valence-electron chi connectivity index (χ2n) is 8.80. The third-order valence-electron chi connectivity index (χ3n) is 7.79. The van der Waals surface area contributed by atoms with Gasteiger partial charge in [0, 0.05) is 17.4 Å². The maximum absolute atomic E-state index is 11.7. The molecule has 5 atom stereocenters. The lowest BCUT2D eigenvalue weighted by Gasteiger charge is -2.56. The van der Waals surface area contributed by atoms with Crippen molar-refractivity contribution in [3.63, 3.8) is 0 Å². The van der Waals surface area contributed by atoms with E-state index in [0.29, 0.717) is 24.2 Å². The molecule has 4 nitrogen and oxygen atoms in total. The highest BCUT2D eigenvalue weighted by atomic mass is 16.5. The Morgan fingerprint density at radius 3 is 2.80 bits per heavy atom. The number of carbonyl (C=O) groups excluding carboxylic acids is 1. The van der Waals surface area contributed by atoms with Crippen molar-refractivity contribution in [3.05, 3.63) is 35.9 Å². The molecule has 0 N–H and O–H groups in total. The van der Waals surface area contributed by atoms with Crippen LogP contribution >= 0.6 is 0 Å². The van der Waals surface area contributed by atoms with Crippen molar-refractivity contribution in [2.24, 2.45) is 28.6 Å². The van der Waals surface area contributed by atoms with Crippen molar-refractivity contribution in [1.82, 2.24) is 5.16 Å². The Balaban J connectivity index is 1.49. The van der Waals surface area contributed by atoms with Gasteiger partial charge in [0.25, 0.3) is 0 Å². The highest BCUT2D eigenvalue weighted by Gasteiger charge is 2.57. The van der Waals surface area contributed by atoms with Crippen molar-refractivity contribution >= 4 is 11.5 Å². The van der Waals surface area contributed by atoms with E-state index in [0.717, 1.165) is 30.6 Å². The van der Waals surface area contributed by atoms with Crippen molar-refractivity contribution < 1.29 is 14.1 Å². The van der Waals surface area contributed by atoms with Gasteiger partial charge in [-0.3, -0.25) is 4.79 Å². The Bertz CT molecular complexity index is 777. The van der Waals surface area contributed by atoms with Crippen LogP contribution in [0.2, 0.25) is 0 Å². The number of esters is 1. The van der Waals surface area contributed by atoms with E-state index in [1.54, 1.807) is 6.26 Å². The van der Waals surface area contributed by atoms with E-state index < -0.39 is 0 Å². The number of allylic oxidation sites excluding steroid dienone is 4. The fraction of sp³-hybridized carbons (Fsp3) is 0.619. The highest BCUT2D eigenvalue weighted by Crippen LogP contribution is 2.65. The average molecular weight is 339 g/mol. The van der Waals surface area contributed by atoms with Crippen LogP contribution < -0.4 is 0 Å². The number of ether oxygens (including phenoxy) is 1. The molecule has 4 heteroatoms. The number of hydrogen-bond acceptors (Lipinski definition) is 4. The smallest absolute Gasteiger partial charge is 0.310 e. The number of hydrogen-bond donors (Lipinski definition) is 0. The van der Waals surface area contributed by atoms with Gasteiger partial charge < -0.3 is 9.26 Å². The molecule has 132 valence electrons. The van der Waals surface area contributed by atoms with Gasteiger partial charge in [-0.1, -0.05) is 25.1 Å². The highest BCUT2D eigenvalue weighted by molar-refractivity contribution is 5.73. The zero-order valence-electron chi connectivity index (χ0n) is 15.0. The van der Waals surface area contributed by atoms with Gasteiger partial charge >= 0.3 is 5.97 Å². The van der Waals surface area contributed by atoms with Gasteiger partial charge in [0.2, 0.25) is 0 Å². The number of fused-ring (bicyclic) bond motifs is 5. The predicted molar refractivity (Wildman–Crippen MR) is 93.0 cm³/mol. The second-order valence-corrected chi connectivity index (χ2v) is 8.80. The predicted octanol–water partition coefficient (Wildman–Crippen LogP) is 4.74. The van der Waals surface area contributed by atoms with E-state index in [2.05, 4.69) is 31.2 Å². The van der Waals surface area contributed by atoms with E-state index in [4.69, 9.17) is 9.26 Å². The lowest BCUT2D eigenvalue weighted by molar-refractivity contribution is -0.151. The van der Waals surface area contributed by atoms with Crippen molar-refractivity contribution in [1.29, 1.82) is 0 Å². The molecule has 4 aliphatic rings. The molecule has 0 unspecified atom stereocenters. The molecule has 1 aromatic rings. The SMILES string of the molecule is C[C@]12CCC(=O)OC1=CC[C@@H]1[C@@H]2CC[C@]2(C)C(c3cnoc3)=CC[C@@H]12. The molecule has 0 bridgehead atoms. The largest absolute Gasteiger partial charge is 0.431 e. The van der Waals surface area contributed by atoms with Gasteiger partial charge in [-0.05, 0) is 66.9 Å². The summed E-state index contributed by atoms with van der Waals surface area (Å²) in [6.07, 6.45) is 14.3. The van der Waals surface area contributed by atoms with Gasteiger partial charge in [0.1, 0.15) is 12.0 Å². The molecule has 3 aliphatic carbocycles. The van der Waals surface area contributed by atoms with Crippen molar-refractivity contribution in [2.45, 2.75) is 52.4 Å². The van der Waals surface area contributed by atoms with E-state index in [1.807, 2.05) is 6.20 Å². The third-order valence-corrected chi connectivity index (χ3v) is 7.79. The van der Waals surface area contributed by atoms with Gasteiger partial charge in [-0.2, -0.15) is 0 Å². The molecule has 0 spiro atoms. The standard InChI is InChI=1S/C21H25NO3/c1-20-9-7-17-14(3-6-18-21(17,2)10-8-19(23)25-18)16(20)5-4-15(20)13-11-22-24-12-13/h4,6,11-12,14,16-17H,3,5,7-10H2,1-2H3/t14-,16-,17-,20+,21+/m0/s1. The van der Waals surface area contributed by atoms with Gasteiger partial charge in [0.05, 0.1) is 6.20 Å². The van der Waals surface area contributed by atoms with E-state index in [-0.39, 0.29) is 16.8 Å². The molecule has 0 amide bonds. The molecular formula is C21H25NO3. The molecule has 25 heavy (non-hydrogen) atoms. The first kappa shape index (κ1) is 15.4. The molecule has 5 rings (SSSR count). The van der Waals surface area contributed by atoms with Crippen LogP contribution in [-0.2, 0) is 9.53 Å². The molecule has 0 radical (unpaired) electrons. The Morgan fingerprint density at radius 1 is 1.12 bits per heavy atom. The summed E-state index contributed by atoms with van der Waals surface area (Å²) in [6.45, 7) is 4.76. The second kappa shape index (κ2) is 5.09. The monoisotopic (exact) mass is 339 g/mol. The minimum Gasteiger partial charge on any atom is -0.431 e. The average Bonchev–Trinajstić information content (AvgIpc) is 3.22. The van der Waals surface area contributed by atoms with Crippen LogP contribution in [0.4, 0.5) is 0 Å². The summed E-state index contributed by atoms with van der Waals surface area (Å²) in [7, 11) is 0. The van der Waals surface area contributed by atoms with E-state index in [1.165, 1.54) is 18.4 Å². The molecule has 2 heterocycles. The van der Waals surface area contributed by atoms with Crippen LogP contribution in [0.15, 0.2) is 34.9 Å². The zero-order valence-corrected chi connectivity index (χ0v) is 15.0. The molecule has 1 aromatic heterocycles. The van der Waals surface area contributed by atoms with Crippen LogP contribution in [0.25, 0.3) is 5.57 Å². The summed E-state index contributed by atoms with van der Waals surface area (Å²) >= 11 is 0. The number of carbonyl (C=O) groups is 1. The fourth-order valence-electron chi connectivity index (χ4n) is 6.42. The Kier molecular flexibility index (Phi) is 3.14. The lowest BCUT2D eigenvalue weighted by Crippen LogP contribution is -2.49. The topological polar surface area (TPSA) is 52.3 Å². The first-order valence-corrected chi connectivity index (χ1v) is 9.54. The minimum atomic E-state index is -0.0555. The van der Waals surface area contributed by atoms with Crippen LogP contribution in [-0.4, -0.2) is 11.1 Å². The van der Waals surface area contributed by atoms with Crippen LogP contribution in [0, 0.1) is 28.6 Å². The molecule has 2 fully saturated rings. The summed E-state index contributed by atoms with van der Waals surface area (Å²) in [6, 6.07) is 0. The molecule has 1 saturated heterocycles. The van der Waals surface area contributed by atoms with Crippen LogP contribution in [0.3, 0.4) is 0 Å². The molecule has 0 aromatic carbocycles. The summed E-state index contributed by atoms with van der Waals surface area (Å²) in [4.78, 5) is 11.7. The van der Waals surface area contributed by atoms with Crippen molar-refractivity contribution in [3.8, 4) is 0 Å². The Labute approximate surface area is 148 Å². The summed E-state index contributed by atoms with van der Waals surface area (Å²) in [5.74, 6) is 2.84. The maximum Gasteiger partial charge on any atom is 0.310 e. The Morgan fingerprint density at radius 2 is 2.00 bits per heavy atom. The van der Waals surface area contributed by atoms with Gasteiger partial charge in [-0.25, -0.2) is 0 Å². The molecule has 1 aliphatic heterocycles. The normalized spacial score (nSPS) is 42.6. The maximum atomic E-state index is 11.7. The third kappa shape index (κ3) is 2.00. The number of aromatic nitrogens is 1. The summed E-state index contributed by atoms with van der Waals surface area (Å²) in [5, 5.41) is 3.92. The summed E-state index contributed by atoms with van der Waals surface area (Å²) < 4.78 is 10.8. The van der Waals surface area contributed by atoms with Gasteiger partial charge in [0.15, 0.2) is 0 Å². The zero-order chi connectivity index (χ0) is 17.2. The van der Waals surface area contributed by atoms with E-state index >= 15 is 0 Å². The minimum absolute atomic E-state index is 0.0398. The van der Waals surface area contributed by atoms with Gasteiger partial charge in [-0.15, -0.1) is 0 Å². The molecule has 1 saturated carbocycles. The number of rotatable bonds is 1. The molecular weight excluding hydrogens is 314 g/mol. The first-order valence-electron chi connectivity index (χ1n) is 9.54. The van der Waals surface area contributed by atoms with E-state index in [9.17, 15) is 4.79 Å².